The molecule has 1 aromatic heterocycles. The van der Waals surface area contributed by atoms with E-state index in [1.165, 1.54) is 0 Å². The normalized spacial score (nSPS) is 15.6. The lowest BCUT2D eigenvalue weighted by molar-refractivity contribution is -0.137. The first-order valence-electron chi connectivity index (χ1n) is 12.0. The van der Waals surface area contributed by atoms with Gasteiger partial charge in [0.05, 0.1) is 12.0 Å². The highest BCUT2D eigenvalue weighted by Gasteiger charge is 2.44. The minimum absolute atomic E-state index is 0.0197. The molecule has 0 fully saturated rings. The van der Waals surface area contributed by atoms with E-state index in [4.69, 9.17) is 9.41 Å². The number of imidazole rings is 1. The third-order valence-corrected chi connectivity index (χ3v) is 22.7. The number of hydrogen-bond donors (Lipinski definition) is 1. The molecule has 0 aromatic carbocycles. The van der Waals surface area contributed by atoms with E-state index in [1.54, 1.807) is 0 Å². The van der Waals surface area contributed by atoms with Crippen molar-refractivity contribution in [2.24, 2.45) is 0 Å². The minimum Gasteiger partial charge on any atom is -0.518 e. The van der Waals surface area contributed by atoms with Gasteiger partial charge in [-0.15, -0.1) is 0 Å². The van der Waals surface area contributed by atoms with Crippen LogP contribution in [0.3, 0.4) is 0 Å². The highest BCUT2D eigenvalue weighted by atomic mass is 28.4. The molecule has 1 heterocycles. The molecule has 0 amide bonds. The second-order valence-electron chi connectivity index (χ2n) is 14.0. The molecule has 0 aliphatic carbocycles. The highest BCUT2D eigenvalue weighted by molar-refractivity contribution is 6.79. The van der Waals surface area contributed by atoms with Gasteiger partial charge in [0.1, 0.15) is 14.3 Å². The number of nitrogens with one attached hydrogen (secondary N) is 1. The molecular weight excluding hydrogens is 447 g/mol. The van der Waals surface area contributed by atoms with E-state index in [2.05, 4.69) is 117 Å². The third kappa shape index (κ3) is 6.67. The second kappa shape index (κ2) is 9.15. The Morgan fingerprint density at radius 2 is 1.44 bits per heavy atom. The third-order valence-electron chi connectivity index (χ3n) is 8.39. The molecule has 1 N–H and O–H groups in total. The molecule has 1 unspecified atom stereocenters. The molecule has 186 valence electrons. The van der Waals surface area contributed by atoms with Crippen molar-refractivity contribution in [3.8, 4) is 0 Å². The second-order valence-corrected chi connectivity index (χ2v) is 28.9. The maximum Gasteiger partial charge on any atom is 0.309 e. The Balaban J connectivity index is 3.28. The van der Waals surface area contributed by atoms with E-state index in [0.717, 1.165) is 5.69 Å². The van der Waals surface area contributed by atoms with Gasteiger partial charge >= 0.3 is 5.97 Å². The zero-order valence-electron chi connectivity index (χ0n) is 23.7. The zero-order valence-corrected chi connectivity index (χ0v) is 26.7. The van der Waals surface area contributed by atoms with Crippen LogP contribution in [0.1, 0.15) is 68.0 Å². The van der Waals surface area contributed by atoms with E-state index in [-0.39, 0.29) is 27.1 Å². The fourth-order valence-corrected chi connectivity index (χ4v) is 6.76. The Morgan fingerprint density at radius 3 is 1.84 bits per heavy atom. The van der Waals surface area contributed by atoms with Gasteiger partial charge in [-0.2, -0.15) is 0 Å². The molecule has 1 atom stereocenters. The lowest BCUT2D eigenvalue weighted by atomic mass is 10.2. The fourth-order valence-electron chi connectivity index (χ4n) is 2.69. The van der Waals surface area contributed by atoms with E-state index in [0.29, 0.717) is 6.42 Å². The van der Waals surface area contributed by atoms with Gasteiger partial charge in [-0.25, -0.2) is 4.98 Å². The van der Waals surface area contributed by atoms with Crippen LogP contribution in [0.4, 0.5) is 0 Å². The number of aromatic nitrogens is 2. The molecule has 0 aliphatic rings. The van der Waals surface area contributed by atoms with Gasteiger partial charge in [-0.05, 0) is 28.2 Å². The van der Waals surface area contributed by atoms with Gasteiger partial charge in [0, 0.05) is 12.6 Å². The van der Waals surface area contributed by atoms with Crippen molar-refractivity contribution in [1.29, 1.82) is 0 Å². The van der Waals surface area contributed by atoms with Crippen LogP contribution in [-0.4, -0.2) is 46.0 Å². The Bertz CT molecular complexity index is 795. The summed E-state index contributed by atoms with van der Waals surface area (Å²) in [5.41, 5.74) is 0.957. The van der Waals surface area contributed by atoms with Crippen molar-refractivity contribution in [3.05, 3.63) is 18.2 Å². The molecule has 1 rings (SSSR count). The van der Waals surface area contributed by atoms with Gasteiger partial charge in [-0.3, -0.25) is 4.79 Å². The zero-order chi connectivity index (χ0) is 25.6. The van der Waals surface area contributed by atoms with E-state index >= 15 is 0 Å². The molecule has 0 spiro atoms. The van der Waals surface area contributed by atoms with Gasteiger partial charge in [0.25, 0.3) is 8.32 Å². The summed E-state index contributed by atoms with van der Waals surface area (Å²) in [6.45, 7) is 33.8. The van der Waals surface area contributed by atoms with Gasteiger partial charge < -0.3 is 13.6 Å². The fraction of sp³-hybridized carbons (Fsp3) is 0.833. The molecular formula is C24H51N3O2Si3. The lowest BCUT2D eigenvalue weighted by Gasteiger charge is -2.41. The summed E-state index contributed by atoms with van der Waals surface area (Å²) >= 11 is 0. The van der Waals surface area contributed by atoms with Crippen LogP contribution in [0.25, 0.3) is 0 Å². The topological polar surface area (TPSA) is 56.2 Å². The number of hydrogen-bond acceptors (Lipinski definition) is 4. The summed E-state index contributed by atoms with van der Waals surface area (Å²) in [7, 11) is -5.88. The van der Waals surface area contributed by atoms with E-state index in [9.17, 15) is 4.79 Å². The Labute approximate surface area is 201 Å². The maximum absolute atomic E-state index is 13.5. The lowest BCUT2D eigenvalue weighted by Crippen LogP contribution is -2.60. The number of carbonyl (C=O) groups is 1. The average Bonchev–Trinajstić information content (AvgIpc) is 2.99. The smallest absolute Gasteiger partial charge is 0.309 e. The van der Waals surface area contributed by atoms with Crippen molar-refractivity contribution in [1.82, 2.24) is 14.2 Å². The molecule has 8 heteroatoms. The molecule has 5 nitrogen and oxygen atoms in total. The van der Waals surface area contributed by atoms with Gasteiger partial charge in [-0.1, -0.05) is 88.5 Å². The van der Waals surface area contributed by atoms with E-state index in [1.807, 2.05) is 6.33 Å². The maximum atomic E-state index is 13.5. The summed E-state index contributed by atoms with van der Waals surface area (Å²) in [4.78, 5) is 22.0. The van der Waals surface area contributed by atoms with Crippen molar-refractivity contribution < 1.29 is 9.22 Å². The standard InChI is InChI=1S/C24H51N3O2Si3/c1-22(2,3)30(10,11)26-20(21(28)29-32(14,15)24(7,8)9)16-19-17-27(18-25-19)31(12,13)23(4,5)6/h17-18,20,26H,16H2,1-15H3. The Kier molecular flexibility index (Phi) is 8.39. The van der Waals surface area contributed by atoms with Crippen LogP contribution in [-0.2, 0) is 15.6 Å². The monoisotopic (exact) mass is 497 g/mol. The molecule has 0 bridgehead atoms. The Morgan fingerprint density at radius 1 is 0.938 bits per heavy atom. The summed E-state index contributed by atoms with van der Waals surface area (Å²) in [6.07, 6.45) is 4.69. The quantitative estimate of drug-likeness (QED) is 0.421. The molecule has 1 aromatic rings. The first kappa shape index (κ1) is 29.3. The number of nitrogens with zero attached hydrogens (tertiary/aromatic N) is 2. The molecule has 0 saturated heterocycles. The molecule has 32 heavy (non-hydrogen) atoms. The molecule has 0 aliphatic heterocycles. The van der Waals surface area contributed by atoms with Crippen LogP contribution < -0.4 is 4.98 Å². The van der Waals surface area contributed by atoms with E-state index < -0.39 is 24.8 Å². The summed E-state index contributed by atoms with van der Waals surface area (Å²) in [5.74, 6) is -0.122. The van der Waals surface area contributed by atoms with Crippen molar-refractivity contribution in [2.75, 3.05) is 0 Å². The summed E-state index contributed by atoms with van der Waals surface area (Å²) in [6, 6.07) is -0.382. The molecule has 0 radical (unpaired) electrons. The largest absolute Gasteiger partial charge is 0.518 e. The van der Waals surface area contributed by atoms with Gasteiger partial charge in [0.2, 0.25) is 0 Å². The Hall–Kier alpha value is -0.709. The minimum atomic E-state index is -2.21. The number of rotatable bonds is 7. The van der Waals surface area contributed by atoms with Crippen LogP contribution in [0, 0.1) is 0 Å². The average molecular weight is 498 g/mol. The first-order chi connectivity index (χ1) is 13.9. The molecule has 0 saturated carbocycles. The van der Waals surface area contributed by atoms with Crippen LogP contribution >= 0.6 is 0 Å². The van der Waals surface area contributed by atoms with Crippen molar-refractivity contribution in [3.63, 3.8) is 0 Å². The summed E-state index contributed by atoms with van der Waals surface area (Å²) in [5, 5.41) is 0.308. The van der Waals surface area contributed by atoms with Crippen LogP contribution in [0.5, 0.6) is 0 Å². The van der Waals surface area contributed by atoms with Crippen molar-refractivity contribution >= 4 is 30.8 Å². The highest BCUT2D eigenvalue weighted by Crippen LogP contribution is 2.39. The predicted octanol–water partition coefficient (Wildman–Crippen LogP) is 6.79. The van der Waals surface area contributed by atoms with Crippen LogP contribution in [0.15, 0.2) is 12.5 Å². The summed E-state index contributed by atoms with van der Waals surface area (Å²) < 4.78 is 8.58. The van der Waals surface area contributed by atoms with Crippen LogP contribution in [0.2, 0.25) is 54.4 Å². The first-order valence-corrected chi connectivity index (χ1v) is 20.8. The van der Waals surface area contributed by atoms with Crippen molar-refractivity contribution in [2.45, 2.75) is 129 Å². The predicted molar refractivity (Wildman–Crippen MR) is 146 cm³/mol. The SMILES string of the molecule is CC(C)(C)[Si](C)(C)NC(Cc1cn([Si](C)(C)C(C)(C)C)cn1)C(=O)O[Si](C)(C)C(C)(C)C. The number of carbonyl (C=O) groups excluding carboxylic acids is 1. The van der Waals surface area contributed by atoms with Gasteiger partial charge in [0.15, 0.2) is 8.24 Å².